The first-order valence-electron chi connectivity index (χ1n) is 7.31. The van der Waals surface area contributed by atoms with Crippen molar-refractivity contribution in [2.45, 2.75) is 51.2 Å². The number of rotatable bonds is 6. The van der Waals surface area contributed by atoms with E-state index in [-0.39, 0.29) is 11.6 Å². The average molecular weight is 263 g/mol. The molecule has 3 N–H and O–H groups in total. The number of nitrogens with zero attached hydrogens (tertiary/aromatic N) is 1. The highest BCUT2D eigenvalue weighted by atomic mass is 16.5. The average Bonchev–Trinajstić information content (AvgIpc) is 2.87. The number of nitrogens with one attached hydrogen (secondary N) is 1. The number of pyridine rings is 1. The number of ether oxygens (including phenoxy) is 1. The van der Waals surface area contributed by atoms with Gasteiger partial charge in [0, 0.05) is 18.4 Å². The Morgan fingerprint density at radius 1 is 1.42 bits per heavy atom. The van der Waals surface area contributed by atoms with E-state index in [4.69, 9.17) is 10.5 Å². The molecule has 19 heavy (non-hydrogen) atoms. The standard InChI is InChI=1S/C15H25N3O/c1-3-17-13(12-8-7-11-18-14(12)16)15(19-4-2)9-5-6-10-15/h7-8,11,13,17H,3-6,9-10H2,1-2H3,(H2,16,18). The van der Waals surface area contributed by atoms with Gasteiger partial charge in [0.1, 0.15) is 5.82 Å². The number of aromatic nitrogens is 1. The van der Waals surface area contributed by atoms with Gasteiger partial charge in [-0.05, 0) is 32.4 Å². The summed E-state index contributed by atoms with van der Waals surface area (Å²) in [4.78, 5) is 4.23. The molecule has 0 spiro atoms. The monoisotopic (exact) mass is 263 g/mol. The van der Waals surface area contributed by atoms with Crippen LogP contribution in [0.5, 0.6) is 0 Å². The van der Waals surface area contributed by atoms with E-state index in [1.807, 2.05) is 6.07 Å². The van der Waals surface area contributed by atoms with Crippen molar-refractivity contribution < 1.29 is 4.74 Å². The van der Waals surface area contributed by atoms with Crippen LogP contribution in [0.1, 0.15) is 51.1 Å². The summed E-state index contributed by atoms with van der Waals surface area (Å²) >= 11 is 0. The molecule has 1 unspecified atom stereocenters. The summed E-state index contributed by atoms with van der Waals surface area (Å²) in [6.07, 6.45) is 6.37. The van der Waals surface area contributed by atoms with Crippen LogP contribution < -0.4 is 11.1 Å². The second-order valence-electron chi connectivity index (χ2n) is 5.17. The Kier molecular flexibility index (Phi) is 4.77. The molecule has 1 fully saturated rings. The Morgan fingerprint density at radius 3 is 2.74 bits per heavy atom. The predicted octanol–water partition coefficient (Wildman–Crippen LogP) is 2.66. The van der Waals surface area contributed by atoms with E-state index in [0.29, 0.717) is 5.82 Å². The predicted molar refractivity (Wildman–Crippen MR) is 77.9 cm³/mol. The normalized spacial score (nSPS) is 19.5. The minimum absolute atomic E-state index is 0.123. The zero-order valence-corrected chi connectivity index (χ0v) is 12.0. The molecule has 0 aliphatic heterocycles. The van der Waals surface area contributed by atoms with Crippen LogP contribution in [0.4, 0.5) is 5.82 Å². The largest absolute Gasteiger partial charge is 0.383 e. The molecule has 1 aliphatic carbocycles. The summed E-state index contributed by atoms with van der Waals surface area (Å²) in [5.41, 5.74) is 7.01. The second kappa shape index (κ2) is 6.35. The van der Waals surface area contributed by atoms with Gasteiger partial charge in [-0.25, -0.2) is 4.98 Å². The Labute approximate surface area is 115 Å². The molecular weight excluding hydrogens is 238 g/mol. The Hall–Kier alpha value is -1.13. The smallest absolute Gasteiger partial charge is 0.128 e. The second-order valence-corrected chi connectivity index (χ2v) is 5.17. The van der Waals surface area contributed by atoms with Gasteiger partial charge < -0.3 is 15.8 Å². The van der Waals surface area contributed by atoms with E-state index in [1.54, 1.807) is 6.20 Å². The molecule has 4 nitrogen and oxygen atoms in total. The molecule has 1 aliphatic rings. The number of hydrogen-bond acceptors (Lipinski definition) is 4. The summed E-state index contributed by atoms with van der Waals surface area (Å²) in [7, 11) is 0. The lowest BCUT2D eigenvalue weighted by Gasteiger charge is -2.38. The van der Waals surface area contributed by atoms with Crippen LogP contribution in [0.25, 0.3) is 0 Å². The molecule has 2 rings (SSSR count). The lowest BCUT2D eigenvalue weighted by molar-refractivity contribution is -0.0622. The van der Waals surface area contributed by atoms with E-state index in [1.165, 1.54) is 12.8 Å². The lowest BCUT2D eigenvalue weighted by Crippen LogP contribution is -2.44. The van der Waals surface area contributed by atoms with Gasteiger partial charge in [-0.3, -0.25) is 0 Å². The molecule has 1 aromatic rings. The zero-order chi connectivity index (χ0) is 13.7. The number of nitrogens with two attached hydrogens (primary N) is 1. The fraction of sp³-hybridized carbons (Fsp3) is 0.667. The minimum Gasteiger partial charge on any atom is -0.383 e. The van der Waals surface area contributed by atoms with Gasteiger partial charge in [-0.1, -0.05) is 25.8 Å². The summed E-state index contributed by atoms with van der Waals surface area (Å²) in [6.45, 7) is 5.82. The highest BCUT2D eigenvalue weighted by molar-refractivity contribution is 5.42. The van der Waals surface area contributed by atoms with Crippen LogP contribution in [0.3, 0.4) is 0 Å². The third-order valence-electron chi connectivity index (χ3n) is 4.00. The molecule has 0 amide bonds. The van der Waals surface area contributed by atoms with Gasteiger partial charge >= 0.3 is 0 Å². The van der Waals surface area contributed by atoms with Gasteiger partial charge in [-0.2, -0.15) is 0 Å². The van der Waals surface area contributed by atoms with Crippen LogP contribution in [-0.2, 0) is 4.74 Å². The lowest BCUT2D eigenvalue weighted by atomic mass is 9.86. The van der Waals surface area contributed by atoms with E-state index in [0.717, 1.165) is 31.6 Å². The van der Waals surface area contributed by atoms with Crippen molar-refractivity contribution in [3.05, 3.63) is 23.9 Å². The van der Waals surface area contributed by atoms with E-state index >= 15 is 0 Å². The summed E-state index contributed by atoms with van der Waals surface area (Å²) in [5.74, 6) is 0.611. The van der Waals surface area contributed by atoms with Crippen LogP contribution in [-0.4, -0.2) is 23.7 Å². The fourth-order valence-corrected chi connectivity index (χ4v) is 3.23. The molecule has 4 heteroatoms. The molecule has 106 valence electrons. The molecule has 1 atom stereocenters. The Morgan fingerprint density at radius 2 is 2.16 bits per heavy atom. The molecule has 1 heterocycles. The van der Waals surface area contributed by atoms with Crippen molar-refractivity contribution in [2.24, 2.45) is 0 Å². The third kappa shape index (κ3) is 2.90. The highest BCUT2D eigenvalue weighted by Gasteiger charge is 2.43. The quantitative estimate of drug-likeness (QED) is 0.828. The van der Waals surface area contributed by atoms with Gasteiger partial charge in [0.05, 0.1) is 11.6 Å². The maximum atomic E-state index is 6.17. The van der Waals surface area contributed by atoms with E-state index < -0.39 is 0 Å². The van der Waals surface area contributed by atoms with Crippen molar-refractivity contribution >= 4 is 5.82 Å². The number of anilines is 1. The molecule has 0 aromatic carbocycles. The van der Waals surface area contributed by atoms with Crippen molar-refractivity contribution in [2.75, 3.05) is 18.9 Å². The molecule has 0 bridgehead atoms. The van der Waals surface area contributed by atoms with Gasteiger partial charge in [-0.15, -0.1) is 0 Å². The maximum absolute atomic E-state index is 6.17. The maximum Gasteiger partial charge on any atom is 0.128 e. The van der Waals surface area contributed by atoms with Crippen molar-refractivity contribution in [3.8, 4) is 0 Å². The number of hydrogen-bond donors (Lipinski definition) is 2. The molecule has 1 aromatic heterocycles. The Bertz CT molecular complexity index is 402. The van der Waals surface area contributed by atoms with Crippen LogP contribution in [0.15, 0.2) is 18.3 Å². The van der Waals surface area contributed by atoms with E-state index in [2.05, 4.69) is 30.2 Å². The number of likely N-dealkylation sites (N-methyl/N-ethyl adjacent to an activating group) is 1. The highest BCUT2D eigenvalue weighted by Crippen LogP contribution is 2.43. The van der Waals surface area contributed by atoms with Crippen molar-refractivity contribution in [1.82, 2.24) is 10.3 Å². The van der Waals surface area contributed by atoms with Crippen molar-refractivity contribution in [3.63, 3.8) is 0 Å². The molecule has 0 radical (unpaired) electrons. The summed E-state index contributed by atoms with van der Waals surface area (Å²) in [5, 5.41) is 3.56. The SMILES string of the molecule is CCNC(c1cccnc1N)C1(OCC)CCCC1. The topological polar surface area (TPSA) is 60.2 Å². The number of nitrogen functional groups attached to an aromatic ring is 1. The van der Waals surface area contributed by atoms with Crippen LogP contribution in [0.2, 0.25) is 0 Å². The van der Waals surface area contributed by atoms with Crippen molar-refractivity contribution in [1.29, 1.82) is 0 Å². The van der Waals surface area contributed by atoms with Crippen LogP contribution >= 0.6 is 0 Å². The van der Waals surface area contributed by atoms with Gasteiger partial charge in [0.25, 0.3) is 0 Å². The first kappa shape index (κ1) is 14.3. The fourth-order valence-electron chi connectivity index (χ4n) is 3.23. The molecular formula is C15H25N3O. The third-order valence-corrected chi connectivity index (χ3v) is 4.00. The van der Waals surface area contributed by atoms with Gasteiger partial charge in [0.2, 0.25) is 0 Å². The molecule has 0 saturated heterocycles. The first-order valence-corrected chi connectivity index (χ1v) is 7.31. The van der Waals surface area contributed by atoms with Gasteiger partial charge in [0.15, 0.2) is 0 Å². The summed E-state index contributed by atoms with van der Waals surface area (Å²) < 4.78 is 6.17. The zero-order valence-electron chi connectivity index (χ0n) is 12.0. The summed E-state index contributed by atoms with van der Waals surface area (Å²) in [6, 6.07) is 4.15. The Balaban J connectivity index is 2.35. The minimum atomic E-state index is -0.123. The van der Waals surface area contributed by atoms with E-state index in [9.17, 15) is 0 Å². The first-order chi connectivity index (χ1) is 9.23. The van der Waals surface area contributed by atoms with Crippen LogP contribution in [0, 0.1) is 0 Å². The molecule has 1 saturated carbocycles.